The summed E-state index contributed by atoms with van der Waals surface area (Å²) in [7, 11) is 0. The summed E-state index contributed by atoms with van der Waals surface area (Å²) in [6.07, 6.45) is 0. The Bertz CT molecular complexity index is 3270. The number of para-hydroxylation sites is 3. The maximum absolute atomic E-state index is 6.68. The van der Waals surface area contributed by atoms with Gasteiger partial charge in [0.15, 0.2) is 11.5 Å². The largest absolute Gasteiger partial charge is 0.453 e. The number of hydrogen-bond donors (Lipinski definition) is 0. The van der Waals surface area contributed by atoms with Crippen LogP contribution >= 0.6 is 0 Å². The van der Waals surface area contributed by atoms with Crippen LogP contribution in [0.2, 0.25) is 0 Å². The second-order valence-electron chi connectivity index (χ2n) is 15.7. The van der Waals surface area contributed by atoms with E-state index >= 15 is 0 Å². The van der Waals surface area contributed by atoms with Gasteiger partial charge in [0.25, 0.3) is 0 Å². The quantitative estimate of drug-likeness (QED) is 0.181. The molecule has 0 unspecified atom stereocenters. The van der Waals surface area contributed by atoms with E-state index in [-0.39, 0.29) is 5.41 Å². The molecule has 10 aromatic rings. The first-order valence-electron chi connectivity index (χ1n) is 19.4. The molecule has 0 radical (unpaired) electrons. The number of rotatable bonds is 3. The van der Waals surface area contributed by atoms with Gasteiger partial charge >= 0.3 is 0 Å². The fourth-order valence-corrected chi connectivity index (χ4v) is 9.77. The summed E-state index contributed by atoms with van der Waals surface area (Å²) in [5, 5.41) is 7.46. The Morgan fingerprint density at radius 1 is 0.429 bits per heavy atom. The lowest BCUT2D eigenvalue weighted by Crippen LogP contribution is -2.16. The van der Waals surface area contributed by atoms with E-state index in [2.05, 4.69) is 199 Å². The van der Waals surface area contributed by atoms with E-state index < -0.39 is 0 Å². The molecule has 0 saturated heterocycles. The zero-order valence-electron chi connectivity index (χ0n) is 31.1. The Morgan fingerprint density at radius 3 is 2.05 bits per heavy atom. The average molecular weight is 717 g/mol. The standard InChI is InChI=1S/C53H36N2O/c1-53(2)44-17-7-5-15-39(44)41-27-23-34-22-26-37(32-42(34)52(41)53)54-46-18-8-6-16-40(46)43-30-35(24-28-47(43)54)36-25-29-49-51(31-36)56-50-21-10-9-19-48(50)55(49)45-20-11-13-33-12-3-4-14-38(33)45/h3-32H,1-2H3. The second-order valence-corrected chi connectivity index (χ2v) is 15.7. The second kappa shape index (κ2) is 11.5. The van der Waals surface area contributed by atoms with Crippen molar-refractivity contribution >= 4 is 60.4 Å². The number of aromatic nitrogens is 1. The van der Waals surface area contributed by atoms with Gasteiger partial charge in [-0.25, -0.2) is 0 Å². The molecule has 264 valence electrons. The zero-order chi connectivity index (χ0) is 37.1. The van der Waals surface area contributed by atoms with Crippen molar-refractivity contribution in [2.75, 3.05) is 4.90 Å². The van der Waals surface area contributed by atoms with Gasteiger partial charge in [0.1, 0.15) is 0 Å². The van der Waals surface area contributed by atoms with E-state index in [1.807, 2.05) is 6.07 Å². The topological polar surface area (TPSA) is 17.4 Å². The van der Waals surface area contributed by atoms with Crippen LogP contribution < -0.4 is 9.64 Å². The Balaban J connectivity index is 1.00. The van der Waals surface area contributed by atoms with Gasteiger partial charge in [-0.05, 0) is 110 Å². The van der Waals surface area contributed by atoms with Gasteiger partial charge < -0.3 is 14.2 Å². The van der Waals surface area contributed by atoms with E-state index in [9.17, 15) is 0 Å². The van der Waals surface area contributed by atoms with Gasteiger partial charge in [-0.15, -0.1) is 0 Å². The molecule has 1 aliphatic carbocycles. The highest BCUT2D eigenvalue weighted by Gasteiger charge is 2.36. The van der Waals surface area contributed by atoms with Crippen LogP contribution in [-0.4, -0.2) is 4.57 Å². The normalized spacial score (nSPS) is 13.8. The number of hydrogen-bond acceptors (Lipinski definition) is 2. The van der Waals surface area contributed by atoms with E-state index in [1.165, 1.54) is 71.3 Å². The number of nitrogens with zero attached hydrogens (tertiary/aromatic N) is 2. The Hall–Kier alpha value is -7.10. The average Bonchev–Trinajstić information content (AvgIpc) is 3.70. The molecule has 0 spiro atoms. The van der Waals surface area contributed by atoms with Crippen LogP contribution in [0, 0.1) is 0 Å². The Labute approximate surface area is 325 Å². The minimum absolute atomic E-state index is 0.0909. The minimum atomic E-state index is -0.0909. The predicted molar refractivity (Wildman–Crippen MR) is 234 cm³/mol. The first-order valence-corrected chi connectivity index (χ1v) is 19.4. The smallest absolute Gasteiger partial charge is 0.152 e. The van der Waals surface area contributed by atoms with Crippen LogP contribution in [0.3, 0.4) is 0 Å². The number of benzene rings is 9. The maximum atomic E-state index is 6.68. The summed E-state index contributed by atoms with van der Waals surface area (Å²) in [6, 6.07) is 66.3. The lowest BCUT2D eigenvalue weighted by atomic mass is 9.80. The maximum Gasteiger partial charge on any atom is 0.152 e. The van der Waals surface area contributed by atoms with Crippen molar-refractivity contribution < 1.29 is 4.74 Å². The molecule has 3 nitrogen and oxygen atoms in total. The van der Waals surface area contributed by atoms with Gasteiger partial charge in [0, 0.05) is 27.3 Å². The molecule has 2 aliphatic rings. The molecule has 0 bridgehead atoms. The molecular weight excluding hydrogens is 681 g/mol. The van der Waals surface area contributed by atoms with E-state index in [4.69, 9.17) is 4.74 Å². The predicted octanol–water partition coefficient (Wildman–Crippen LogP) is 14.6. The van der Waals surface area contributed by atoms with Gasteiger partial charge in [0.2, 0.25) is 0 Å². The van der Waals surface area contributed by atoms with Crippen molar-refractivity contribution in [3.8, 4) is 39.4 Å². The molecule has 0 saturated carbocycles. The molecule has 2 heterocycles. The van der Waals surface area contributed by atoms with E-state index in [0.29, 0.717) is 0 Å². The first kappa shape index (κ1) is 31.3. The summed E-state index contributed by atoms with van der Waals surface area (Å²) in [5.74, 6) is 1.68. The van der Waals surface area contributed by atoms with Crippen LogP contribution in [-0.2, 0) is 5.41 Å². The molecule has 12 rings (SSSR count). The SMILES string of the molecule is CC1(C)c2ccccc2-c2ccc3ccc(-n4c5ccccc5c5cc(-c6ccc7c(c6)Oc6ccccc6N7c6cccc7ccccc67)ccc54)cc3c21. The molecular formula is C53H36N2O. The van der Waals surface area contributed by atoms with Crippen molar-refractivity contribution in [1.82, 2.24) is 4.57 Å². The Morgan fingerprint density at radius 2 is 1.11 bits per heavy atom. The van der Waals surface area contributed by atoms with Crippen LogP contribution in [0.5, 0.6) is 11.5 Å². The molecule has 0 fully saturated rings. The molecule has 0 N–H and O–H groups in total. The van der Waals surface area contributed by atoms with Gasteiger partial charge in [-0.2, -0.15) is 0 Å². The van der Waals surface area contributed by atoms with Gasteiger partial charge in [-0.3, -0.25) is 0 Å². The third-order valence-electron chi connectivity index (χ3n) is 12.3. The fraction of sp³-hybridized carbons (Fsp3) is 0.0566. The molecule has 9 aromatic carbocycles. The van der Waals surface area contributed by atoms with Gasteiger partial charge in [0.05, 0.1) is 28.1 Å². The summed E-state index contributed by atoms with van der Waals surface area (Å²) in [6.45, 7) is 4.74. The van der Waals surface area contributed by atoms with Crippen molar-refractivity contribution in [3.05, 3.63) is 193 Å². The number of fused-ring (bicyclic) bond motifs is 11. The zero-order valence-corrected chi connectivity index (χ0v) is 31.1. The highest BCUT2D eigenvalue weighted by Crippen LogP contribution is 2.54. The van der Waals surface area contributed by atoms with Crippen LogP contribution in [0.1, 0.15) is 25.0 Å². The molecule has 1 aromatic heterocycles. The minimum Gasteiger partial charge on any atom is -0.453 e. The van der Waals surface area contributed by atoms with Crippen molar-refractivity contribution in [2.24, 2.45) is 0 Å². The van der Waals surface area contributed by atoms with Crippen molar-refractivity contribution in [1.29, 1.82) is 0 Å². The first-order chi connectivity index (χ1) is 27.5. The summed E-state index contributed by atoms with van der Waals surface area (Å²) >= 11 is 0. The third kappa shape index (κ3) is 4.34. The Kier molecular flexibility index (Phi) is 6.40. The van der Waals surface area contributed by atoms with E-state index in [1.54, 1.807) is 0 Å². The van der Waals surface area contributed by atoms with Crippen molar-refractivity contribution in [2.45, 2.75) is 19.3 Å². The number of anilines is 3. The van der Waals surface area contributed by atoms with E-state index in [0.717, 1.165) is 39.7 Å². The molecule has 0 amide bonds. The highest BCUT2D eigenvalue weighted by atomic mass is 16.5. The lowest BCUT2D eigenvalue weighted by Gasteiger charge is -2.33. The summed E-state index contributed by atoms with van der Waals surface area (Å²) in [5.41, 5.74) is 14.4. The molecule has 0 atom stereocenters. The summed E-state index contributed by atoms with van der Waals surface area (Å²) < 4.78 is 9.12. The fourth-order valence-electron chi connectivity index (χ4n) is 9.77. The highest BCUT2D eigenvalue weighted by molar-refractivity contribution is 6.11. The monoisotopic (exact) mass is 716 g/mol. The molecule has 1 aliphatic heterocycles. The van der Waals surface area contributed by atoms with Crippen LogP contribution in [0.25, 0.3) is 71.3 Å². The summed E-state index contributed by atoms with van der Waals surface area (Å²) in [4.78, 5) is 2.34. The van der Waals surface area contributed by atoms with Crippen LogP contribution in [0.4, 0.5) is 17.1 Å². The van der Waals surface area contributed by atoms with Gasteiger partial charge in [-0.1, -0.05) is 135 Å². The molecule has 3 heteroatoms. The number of ether oxygens (including phenoxy) is 1. The molecule has 56 heavy (non-hydrogen) atoms. The van der Waals surface area contributed by atoms with Crippen molar-refractivity contribution in [3.63, 3.8) is 0 Å². The lowest BCUT2D eigenvalue weighted by molar-refractivity contribution is 0.477. The van der Waals surface area contributed by atoms with Crippen LogP contribution in [0.15, 0.2) is 182 Å². The third-order valence-corrected chi connectivity index (χ3v) is 12.3.